The van der Waals surface area contributed by atoms with Gasteiger partial charge in [-0.15, -0.1) is 0 Å². The molecule has 1 saturated carbocycles. The Balaban J connectivity index is 2.30. The summed E-state index contributed by atoms with van der Waals surface area (Å²) in [6.07, 6.45) is 9.64. The lowest BCUT2D eigenvalue weighted by Gasteiger charge is -2.28. The smallest absolute Gasteiger partial charge is 0.325 e. The molecule has 18 heavy (non-hydrogen) atoms. The molecule has 1 aliphatic carbocycles. The van der Waals surface area contributed by atoms with Crippen molar-refractivity contribution in [2.24, 2.45) is 5.92 Å². The van der Waals surface area contributed by atoms with E-state index >= 15 is 0 Å². The van der Waals surface area contributed by atoms with Gasteiger partial charge in [-0.2, -0.15) is 0 Å². The van der Waals surface area contributed by atoms with E-state index < -0.39 is 5.54 Å². The Hall–Kier alpha value is -0.570. The lowest BCUT2D eigenvalue weighted by molar-refractivity contribution is -0.148. The molecular weight excluding hydrogens is 226 g/mol. The van der Waals surface area contributed by atoms with Gasteiger partial charge >= 0.3 is 5.97 Å². The molecule has 1 atom stereocenters. The molecule has 3 heteroatoms. The largest absolute Gasteiger partial charge is 0.468 e. The summed E-state index contributed by atoms with van der Waals surface area (Å²) < 4.78 is 4.94. The third kappa shape index (κ3) is 5.38. The summed E-state index contributed by atoms with van der Waals surface area (Å²) in [7, 11) is 1.48. The summed E-state index contributed by atoms with van der Waals surface area (Å²) in [6, 6.07) is 0. The number of carbonyl (C=O) groups excluding carboxylic acids is 1. The van der Waals surface area contributed by atoms with Gasteiger partial charge in [0.25, 0.3) is 0 Å². The number of unbranched alkanes of at least 4 members (excludes halogenated alkanes) is 4. The van der Waals surface area contributed by atoms with Crippen LogP contribution in [0, 0.1) is 5.92 Å². The topological polar surface area (TPSA) is 38.3 Å². The van der Waals surface area contributed by atoms with Gasteiger partial charge in [-0.1, -0.05) is 39.0 Å². The van der Waals surface area contributed by atoms with Gasteiger partial charge < -0.3 is 10.1 Å². The number of rotatable bonds is 10. The van der Waals surface area contributed by atoms with Crippen LogP contribution in [0.15, 0.2) is 0 Å². The molecule has 0 bridgehead atoms. The van der Waals surface area contributed by atoms with Crippen LogP contribution in [0.25, 0.3) is 0 Å². The fourth-order valence-corrected chi connectivity index (χ4v) is 2.26. The standard InChI is InChI=1S/C15H29NO2/c1-4-5-6-7-8-11-15(2,14(17)18-3)16-12-13-9-10-13/h13,16H,4-12H2,1-3H3. The molecule has 0 heterocycles. The van der Waals surface area contributed by atoms with Crippen LogP contribution >= 0.6 is 0 Å². The Bertz CT molecular complexity index is 251. The fourth-order valence-electron chi connectivity index (χ4n) is 2.26. The van der Waals surface area contributed by atoms with Crippen LogP contribution in [0.2, 0.25) is 0 Å². The molecule has 3 nitrogen and oxygen atoms in total. The molecule has 1 aliphatic rings. The van der Waals surface area contributed by atoms with E-state index in [4.69, 9.17) is 4.74 Å². The first-order valence-corrected chi connectivity index (χ1v) is 7.46. The van der Waals surface area contributed by atoms with Crippen molar-refractivity contribution < 1.29 is 9.53 Å². The van der Waals surface area contributed by atoms with Gasteiger partial charge in [0, 0.05) is 0 Å². The van der Waals surface area contributed by atoms with E-state index in [2.05, 4.69) is 12.2 Å². The summed E-state index contributed by atoms with van der Waals surface area (Å²) >= 11 is 0. The van der Waals surface area contributed by atoms with E-state index in [1.807, 2.05) is 6.92 Å². The van der Waals surface area contributed by atoms with E-state index in [-0.39, 0.29) is 5.97 Å². The molecule has 0 aromatic carbocycles. The first-order valence-electron chi connectivity index (χ1n) is 7.46. The van der Waals surface area contributed by atoms with Crippen LogP contribution in [-0.4, -0.2) is 25.2 Å². The molecule has 1 N–H and O–H groups in total. The van der Waals surface area contributed by atoms with Gasteiger partial charge in [0.05, 0.1) is 7.11 Å². The predicted octanol–water partition coefficient (Wildman–Crippen LogP) is 3.28. The summed E-state index contributed by atoms with van der Waals surface area (Å²) in [4.78, 5) is 11.9. The molecule has 0 aliphatic heterocycles. The molecule has 1 fully saturated rings. The van der Waals surface area contributed by atoms with E-state index in [1.165, 1.54) is 45.6 Å². The summed E-state index contributed by atoms with van der Waals surface area (Å²) in [6.45, 7) is 5.16. The maximum Gasteiger partial charge on any atom is 0.325 e. The zero-order valence-corrected chi connectivity index (χ0v) is 12.3. The zero-order valence-electron chi connectivity index (χ0n) is 12.3. The van der Waals surface area contributed by atoms with Crippen LogP contribution in [0.4, 0.5) is 0 Å². The normalized spacial score (nSPS) is 18.4. The van der Waals surface area contributed by atoms with Crippen molar-refractivity contribution in [2.45, 2.75) is 70.8 Å². The first kappa shape index (κ1) is 15.5. The molecule has 0 aromatic heterocycles. The number of ether oxygens (including phenoxy) is 1. The second-order valence-corrected chi connectivity index (χ2v) is 5.81. The van der Waals surface area contributed by atoms with Crippen molar-refractivity contribution in [3.8, 4) is 0 Å². The van der Waals surface area contributed by atoms with Crippen LogP contribution in [0.1, 0.15) is 65.2 Å². The molecule has 106 valence electrons. The van der Waals surface area contributed by atoms with Gasteiger partial charge in [-0.05, 0) is 38.6 Å². The van der Waals surface area contributed by atoms with Crippen molar-refractivity contribution in [3.05, 3.63) is 0 Å². The Labute approximate surface area is 112 Å². The quantitative estimate of drug-likeness (QED) is 0.481. The van der Waals surface area contributed by atoms with Gasteiger partial charge in [-0.3, -0.25) is 4.79 Å². The lowest BCUT2D eigenvalue weighted by atomic mass is 9.93. The predicted molar refractivity (Wildman–Crippen MR) is 74.5 cm³/mol. The maximum absolute atomic E-state index is 11.9. The SMILES string of the molecule is CCCCCCCC(C)(NCC1CC1)C(=O)OC. The van der Waals surface area contributed by atoms with Crippen molar-refractivity contribution >= 4 is 5.97 Å². The van der Waals surface area contributed by atoms with E-state index in [0.29, 0.717) is 0 Å². The zero-order chi connectivity index (χ0) is 13.4. The van der Waals surface area contributed by atoms with Crippen molar-refractivity contribution in [1.29, 1.82) is 0 Å². The van der Waals surface area contributed by atoms with Crippen molar-refractivity contribution in [2.75, 3.05) is 13.7 Å². The molecule has 0 spiro atoms. The Morgan fingerprint density at radius 1 is 1.28 bits per heavy atom. The monoisotopic (exact) mass is 255 g/mol. The second-order valence-electron chi connectivity index (χ2n) is 5.81. The van der Waals surface area contributed by atoms with Gasteiger partial charge in [-0.25, -0.2) is 0 Å². The van der Waals surface area contributed by atoms with E-state index in [1.54, 1.807) is 0 Å². The average Bonchev–Trinajstić information content (AvgIpc) is 3.19. The van der Waals surface area contributed by atoms with Gasteiger partial charge in [0.1, 0.15) is 5.54 Å². The Kier molecular flexibility index (Phi) is 6.69. The average molecular weight is 255 g/mol. The molecule has 0 aromatic rings. The summed E-state index contributed by atoms with van der Waals surface area (Å²) in [5.74, 6) is 0.674. The Morgan fingerprint density at radius 3 is 2.50 bits per heavy atom. The highest BCUT2D eigenvalue weighted by atomic mass is 16.5. The number of hydrogen-bond donors (Lipinski definition) is 1. The highest BCUT2D eigenvalue weighted by Gasteiger charge is 2.35. The minimum atomic E-state index is -0.483. The molecule has 0 amide bonds. The first-order chi connectivity index (χ1) is 8.62. The number of carbonyl (C=O) groups is 1. The number of esters is 1. The number of nitrogens with one attached hydrogen (secondary N) is 1. The number of hydrogen-bond acceptors (Lipinski definition) is 3. The van der Waals surface area contributed by atoms with Crippen molar-refractivity contribution in [1.82, 2.24) is 5.32 Å². The Morgan fingerprint density at radius 2 is 1.94 bits per heavy atom. The lowest BCUT2D eigenvalue weighted by Crippen LogP contribution is -2.50. The van der Waals surface area contributed by atoms with Gasteiger partial charge in [0.15, 0.2) is 0 Å². The van der Waals surface area contributed by atoms with Crippen LogP contribution < -0.4 is 5.32 Å². The van der Waals surface area contributed by atoms with Crippen molar-refractivity contribution in [3.63, 3.8) is 0 Å². The summed E-state index contributed by atoms with van der Waals surface area (Å²) in [5, 5.41) is 3.43. The third-order valence-electron chi connectivity index (χ3n) is 3.89. The summed E-state index contributed by atoms with van der Waals surface area (Å²) in [5.41, 5.74) is -0.483. The third-order valence-corrected chi connectivity index (χ3v) is 3.89. The minimum absolute atomic E-state index is 0.112. The van der Waals surface area contributed by atoms with Crippen LogP contribution in [-0.2, 0) is 9.53 Å². The van der Waals surface area contributed by atoms with E-state index in [0.717, 1.165) is 25.3 Å². The van der Waals surface area contributed by atoms with E-state index in [9.17, 15) is 4.79 Å². The minimum Gasteiger partial charge on any atom is -0.468 e. The van der Waals surface area contributed by atoms with Crippen LogP contribution in [0.5, 0.6) is 0 Å². The molecule has 0 saturated heterocycles. The molecule has 1 rings (SSSR count). The molecule has 0 radical (unpaired) electrons. The van der Waals surface area contributed by atoms with Gasteiger partial charge in [0.2, 0.25) is 0 Å². The molecule has 1 unspecified atom stereocenters. The van der Waals surface area contributed by atoms with Crippen LogP contribution in [0.3, 0.4) is 0 Å². The molecular formula is C15H29NO2. The fraction of sp³-hybridized carbons (Fsp3) is 0.933. The second kappa shape index (κ2) is 7.78. The maximum atomic E-state index is 11.9. The highest BCUT2D eigenvalue weighted by Crippen LogP contribution is 2.29. The number of methoxy groups -OCH3 is 1. The highest BCUT2D eigenvalue weighted by molar-refractivity contribution is 5.80.